The standard InChI is InChI=1S/C14H15NO5/c16-12(8-6-10-4-2-1-3-5-10)15-11(14(19)20)7-9-13(17)18/h1-6,8,11H,7,9H2,(H,15,16)(H,17,18)(H,19,20)/t11-/m0/s1. The quantitative estimate of drug-likeness (QED) is 0.648. The van der Waals surface area contributed by atoms with E-state index >= 15 is 0 Å². The Labute approximate surface area is 115 Å². The normalized spacial score (nSPS) is 12.0. The molecule has 0 radical (unpaired) electrons. The Kier molecular flexibility index (Phi) is 5.96. The van der Waals surface area contributed by atoms with Gasteiger partial charge in [0.1, 0.15) is 6.04 Å². The first-order chi connectivity index (χ1) is 9.49. The van der Waals surface area contributed by atoms with Crippen LogP contribution in [-0.4, -0.2) is 34.1 Å². The van der Waals surface area contributed by atoms with E-state index in [4.69, 9.17) is 10.2 Å². The van der Waals surface area contributed by atoms with Crippen LogP contribution in [0.4, 0.5) is 0 Å². The first kappa shape index (κ1) is 15.4. The molecular formula is C14H15NO5. The number of carbonyl (C=O) groups excluding carboxylic acids is 1. The Morgan fingerprint density at radius 2 is 1.80 bits per heavy atom. The van der Waals surface area contributed by atoms with E-state index in [1.54, 1.807) is 18.2 Å². The van der Waals surface area contributed by atoms with Crippen LogP contribution < -0.4 is 5.32 Å². The Morgan fingerprint density at radius 3 is 2.35 bits per heavy atom. The van der Waals surface area contributed by atoms with E-state index in [1.807, 2.05) is 18.2 Å². The summed E-state index contributed by atoms with van der Waals surface area (Å²) >= 11 is 0. The molecule has 0 heterocycles. The van der Waals surface area contributed by atoms with Crippen molar-refractivity contribution in [2.45, 2.75) is 18.9 Å². The van der Waals surface area contributed by atoms with Gasteiger partial charge in [0.25, 0.3) is 0 Å². The van der Waals surface area contributed by atoms with Gasteiger partial charge in [0.2, 0.25) is 5.91 Å². The van der Waals surface area contributed by atoms with Gasteiger partial charge < -0.3 is 15.5 Å². The molecule has 0 saturated carbocycles. The number of carboxylic acid groups (broad SMARTS) is 2. The van der Waals surface area contributed by atoms with Gasteiger partial charge in [-0.2, -0.15) is 0 Å². The van der Waals surface area contributed by atoms with Crippen LogP contribution in [0, 0.1) is 0 Å². The van der Waals surface area contributed by atoms with E-state index in [-0.39, 0.29) is 12.8 Å². The van der Waals surface area contributed by atoms with Crippen molar-refractivity contribution < 1.29 is 24.6 Å². The molecule has 0 aliphatic rings. The molecule has 0 aromatic heterocycles. The lowest BCUT2D eigenvalue weighted by molar-refractivity contribution is -0.142. The fourth-order valence-electron chi connectivity index (χ4n) is 1.48. The molecule has 0 fully saturated rings. The third kappa shape index (κ3) is 5.81. The van der Waals surface area contributed by atoms with E-state index in [0.29, 0.717) is 0 Å². The van der Waals surface area contributed by atoms with Gasteiger partial charge >= 0.3 is 11.9 Å². The molecule has 106 valence electrons. The van der Waals surface area contributed by atoms with Crippen molar-refractivity contribution in [1.82, 2.24) is 5.32 Å². The van der Waals surface area contributed by atoms with Gasteiger partial charge in [0.15, 0.2) is 0 Å². The number of amides is 1. The molecule has 0 unspecified atom stereocenters. The second kappa shape index (κ2) is 7.73. The Bertz CT molecular complexity index is 510. The maximum atomic E-state index is 11.6. The fraction of sp³-hybridized carbons (Fsp3) is 0.214. The van der Waals surface area contributed by atoms with Crippen molar-refractivity contribution in [3.05, 3.63) is 42.0 Å². The number of hydrogen-bond acceptors (Lipinski definition) is 3. The molecule has 6 nitrogen and oxygen atoms in total. The van der Waals surface area contributed by atoms with Gasteiger partial charge in [0, 0.05) is 12.5 Å². The van der Waals surface area contributed by atoms with Crippen LogP contribution in [0.25, 0.3) is 6.08 Å². The number of aliphatic carboxylic acids is 2. The monoisotopic (exact) mass is 277 g/mol. The van der Waals surface area contributed by atoms with Gasteiger partial charge in [-0.3, -0.25) is 9.59 Å². The number of benzene rings is 1. The minimum absolute atomic E-state index is 0.157. The topological polar surface area (TPSA) is 104 Å². The second-order valence-electron chi connectivity index (χ2n) is 4.08. The van der Waals surface area contributed by atoms with Crippen LogP contribution in [0.15, 0.2) is 36.4 Å². The maximum absolute atomic E-state index is 11.6. The fourth-order valence-corrected chi connectivity index (χ4v) is 1.48. The third-order valence-corrected chi connectivity index (χ3v) is 2.49. The maximum Gasteiger partial charge on any atom is 0.326 e. The van der Waals surface area contributed by atoms with Crippen molar-refractivity contribution >= 4 is 23.9 Å². The molecule has 1 amide bonds. The molecule has 1 aromatic rings. The van der Waals surface area contributed by atoms with E-state index in [2.05, 4.69) is 5.32 Å². The van der Waals surface area contributed by atoms with Crippen LogP contribution in [-0.2, 0) is 14.4 Å². The third-order valence-electron chi connectivity index (χ3n) is 2.49. The summed E-state index contributed by atoms with van der Waals surface area (Å²) in [5.74, 6) is -2.94. The molecule has 0 bridgehead atoms. The number of rotatable bonds is 7. The average molecular weight is 277 g/mol. The van der Waals surface area contributed by atoms with Gasteiger partial charge in [0.05, 0.1) is 0 Å². The first-order valence-electron chi connectivity index (χ1n) is 5.97. The SMILES string of the molecule is O=C(O)CC[C@H](NC(=O)C=Cc1ccccc1)C(=O)O. The number of carboxylic acids is 2. The predicted octanol–water partition coefficient (Wildman–Crippen LogP) is 1.13. The van der Waals surface area contributed by atoms with Crippen molar-refractivity contribution in [2.75, 3.05) is 0 Å². The lowest BCUT2D eigenvalue weighted by Crippen LogP contribution is -2.40. The van der Waals surface area contributed by atoms with Crippen LogP contribution in [0.1, 0.15) is 18.4 Å². The van der Waals surface area contributed by atoms with Gasteiger partial charge in [-0.05, 0) is 18.1 Å². The Morgan fingerprint density at radius 1 is 1.15 bits per heavy atom. The second-order valence-corrected chi connectivity index (χ2v) is 4.08. The summed E-state index contributed by atoms with van der Waals surface area (Å²) in [6.07, 6.45) is 2.28. The zero-order valence-corrected chi connectivity index (χ0v) is 10.7. The largest absolute Gasteiger partial charge is 0.481 e. The molecule has 1 aromatic carbocycles. The van der Waals surface area contributed by atoms with Crippen molar-refractivity contribution in [2.24, 2.45) is 0 Å². The number of nitrogens with one attached hydrogen (secondary N) is 1. The molecule has 20 heavy (non-hydrogen) atoms. The highest BCUT2D eigenvalue weighted by Gasteiger charge is 2.19. The Balaban J connectivity index is 2.56. The van der Waals surface area contributed by atoms with E-state index in [9.17, 15) is 14.4 Å². The summed E-state index contributed by atoms with van der Waals surface area (Å²) in [4.78, 5) is 32.9. The molecule has 0 aliphatic heterocycles. The summed E-state index contributed by atoms with van der Waals surface area (Å²) in [5.41, 5.74) is 0.806. The van der Waals surface area contributed by atoms with Crippen molar-refractivity contribution in [1.29, 1.82) is 0 Å². The van der Waals surface area contributed by atoms with Crippen LogP contribution >= 0.6 is 0 Å². The Hall–Kier alpha value is -2.63. The molecule has 1 rings (SSSR count). The smallest absolute Gasteiger partial charge is 0.326 e. The lowest BCUT2D eigenvalue weighted by atomic mass is 10.1. The molecule has 3 N–H and O–H groups in total. The van der Waals surface area contributed by atoms with Crippen molar-refractivity contribution in [3.8, 4) is 0 Å². The van der Waals surface area contributed by atoms with Crippen LogP contribution in [0.2, 0.25) is 0 Å². The highest BCUT2D eigenvalue weighted by Crippen LogP contribution is 2.02. The summed E-state index contributed by atoms with van der Waals surface area (Å²) in [6, 6.07) is 7.84. The predicted molar refractivity (Wildman–Crippen MR) is 71.9 cm³/mol. The zero-order valence-electron chi connectivity index (χ0n) is 10.7. The van der Waals surface area contributed by atoms with E-state index < -0.39 is 23.9 Å². The van der Waals surface area contributed by atoms with Crippen LogP contribution in [0.3, 0.4) is 0 Å². The molecule has 0 spiro atoms. The summed E-state index contributed by atoms with van der Waals surface area (Å²) in [5, 5.41) is 19.7. The van der Waals surface area contributed by atoms with E-state index in [1.165, 1.54) is 6.08 Å². The first-order valence-corrected chi connectivity index (χ1v) is 5.97. The van der Waals surface area contributed by atoms with Gasteiger partial charge in [-0.15, -0.1) is 0 Å². The van der Waals surface area contributed by atoms with E-state index in [0.717, 1.165) is 5.56 Å². The molecule has 6 heteroatoms. The van der Waals surface area contributed by atoms with Crippen molar-refractivity contribution in [3.63, 3.8) is 0 Å². The zero-order chi connectivity index (χ0) is 15.0. The molecule has 1 atom stereocenters. The minimum Gasteiger partial charge on any atom is -0.481 e. The number of carbonyl (C=O) groups is 3. The minimum atomic E-state index is -1.26. The average Bonchev–Trinajstić information content (AvgIpc) is 2.41. The molecule has 0 saturated heterocycles. The number of hydrogen-bond donors (Lipinski definition) is 3. The highest BCUT2D eigenvalue weighted by molar-refractivity contribution is 5.94. The van der Waals surface area contributed by atoms with Crippen LogP contribution in [0.5, 0.6) is 0 Å². The lowest BCUT2D eigenvalue weighted by Gasteiger charge is -2.11. The van der Waals surface area contributed by atoms with Gasteiger partial charge in [-0.25, -0.2) is 4.79 Å². The molecule has 0 aliphatic carbocycles. The summed E-state index contributed by atoms with van der Waals surface area (Å²) in [6.45, 7) is 0. The summed E-state index contributed by atoms with van der Waals surface area (Å²) < 4.78 is 0. The van der Waals surface area contributed by atoms with Gasteiger partial charge in [-0.1, -0.05) is 30.3 Å². The summed E-state index contributed by atoms with van der Waals surface area (Å²) in [7, 11) is 0. The highest BCUT2D eigenvalue weighted by atomic mass is 16.4. The molecular weight excluding hydrogens is 262 g/mol.